The van der Waals surface area contributed by atoms with Crippen LogP contribution in [0.2, 0.25) is 0 Å². The second kappa shape index (κ2) is 7.76. The van der Waals surface area contributed by atoms with Gasteiger partial charge in [-0.15, -0.1) is 0 Å². The number of nitro benzene ring substituents is 1. The Labute approximate surface area is 101 Å². The van der Waals surface area contributed by atoms with Gasteiger partial charge in [-0.1, -0.05) is 18.2 Å². The number of nitro groups is 1. The maximum atomic E-state index is 10.8. The average Bonchev–Trinajstić information content (AvgIpc) is 2.34. The maximum Gasteiger partial charge on any atom is 0.273 e. The van der Waals surface area contributed by atoms with E-state index in [9.17, 15) is 10.1 Å². The summed E-state index contributed by atoms with van der Waals surface area (Å²) in [6.45, 7) is 4.72. The van der Waals surface area contributed by atoms with Crippen molar-refractivity contribution in [1.82, 2.24) is 5.32 Å². The van der Waals surface area contributed by atoms with E-state index in [1.807, 2.05) is 13.0 Å². The van der Waals surface area contributed by atoms with Crippen LogP contribution < -0.4 is 5.32 Å². The van der Waals surface area contributed by atoms with Gasteiger partial charge in [-0.2, -0.15) is 0 Å². The normalized spacial score (nSPS) is 10.4. The van der Waals surface area contributed by atoms with E-state index in [0.29, 0.717) is 12.1 Å². The highest BCUT2D eigenvalue weighted by Crippen LogP contribution is 2.16. The van der Waals surface area contributed by atoms with Crippen molar-refractivity contribution < 1.29 is 9.66 Å². The summed E-state index contributed by atoms with van der Waals surface area (Å²) in [4.78, 5) is 10.4. The van der Waals surface area contributed by atoms with Crippen LogP contribution in [-0.4, -0.2) is 24.7 Å². The molecule has 0 bridgehead atoms. The van der Waals surface area contributed by atoms with Gasteiger partial charge >= 0.3 is 0 Å². The van der Waals surface area contributed by atoms with Crippen molar-refractivity contribution in [3.05, 3.63) is 39.9 Å². The van der Waals surface area contributed by atoms with Crippen LogP contribution in [-0.2, 0) is 11.3 Å². The fourth-order valence-electron chi connectivity index (χ4n) is 1.51. The fraction of sp³-hybridized carbons (Fsp3) is 0.500. The molecule has 94 valence electrons. The minimum Gasteiger partial charge on any atom is -0.382 e. The zero-order chi connectivity index (χ0) is 12.5. The van der Waals surface area contributed by atoms with Crippen LogP contribution in [0, 0.1) is 10.1 Å². The molecular weight excluding hydrogens is 220 g/mol. The Morgan fingerprint density at radius 3 is 2.88 bits per heavy atom. The topological polar surface area (TPSA) is 64.4 Å². The molecule has 1 N–H and O–H groups in total. The molecule has 0 aliphatic carbocycles. The largest absolute Gasteiger partial charge is 0.382 e. The quantitative estimate of drug-likeness (QED) is 0.428. The zero-order valence-corrected chi connectivity index (χ0v) is 10.0. The number of nitrogens with one attached hydrogen (secondary N) is 1. The van der Waals surface area contributed by atoms with Crippen molar-refractivity contribution in [3.8, 4) is 0 Å². The van der Waals surface area contributed by atoms with Crippen molar-refractivity contribution in [2.45, 2.75) is 19.9 Å². The molecule has 0 unspecified atom stereocenters. The summed E-state index contributed by atoms with van der Waals surface area (Å²) in [7, 11) is 0. The summed E-state index contributed by atoms with van der Waals surface area (Å²) in [5.41, 5.74) is 0.888. The first kappa shape index (κ1) is 13.6. The highest BCUT2D eigenvalue weighted by Gasteiger charge is 2.10. The zero-order valence-electron chi connectivity index (χ0n) is 10.0. The molecule has 1 rings (SSSR count). The van der Waals surface area contributed by atoms with Crippen LogP contribution in [0.5, 0.6) is 0 Å². The summed E-state index contributed by atoms with van der Waals surface area (Å²) in [6.07, 6.45) is 0.911. The molecule has 0 saturated heterocycles. The van der Waals surface area contributed by atoms with Gasteiger partial charge in [-0.25, -0.2) is 0 Å². The van der Waals surface area contributed by atoms with Crippen LogP contribution in [0.25, 0.3) is 0 Å². The number of ether oxygens (including phenoxy) is 1. The second-order valence-corrected chi connectivity index (χ2v) is 3.61. The molecule has 17 heavy (non-hydrogen) atoms. The number of para-hydroxylation sites is 1. The monoisotopic (exact) mass is 238 g/mol. The molecule has 0 atom stereocenters. The molecule has 5 nitrogen and oxygen atoms in total. The molecule has 1 aromatic rings. The third kappa shape index (κ3) is 4.93. The molecular formula is C12H18N2O3. The first-order valence-corrected chi connectivity index (χ1v) is 5.76. The second-order valence-electron chi connectivity index (χ2n) is 3.61. The summed E-state index contributed by atoms with van der Waals surface area (Å²) >= 11 is 0. The van der Waals surface area contributed by atoms with Crippen LogP contribution in [0.4, 0.5) is 5.69 Å². The van der Waals surface area contributed by atoms with Gasteiger partial charge in [0.05, 0.1) is 4.92 Å². The molecule has 0 heterocycles. The van der Waals surface area contributed by atoms with Gasteiger partial charge in [0.15, 0.2) is 0 Å². The van der Waals surface area contributed by atoms with E-state index in [-0.39, 0.29) is 10.6 Å². The van der Waals surface area contributed by atoms with E-state index >= 15 is 0 Å². The highest BCUT2D eigenvalue weighted by molar-refractivity contribution is 5.39. The lowest BCUT2D eigenvalue weighted by Gasteiger charge is -2.05. The standard InChI is InChI=1S/C12H18N2O3/c1-2-17-9-5-8-13-10-11-6-3-4-7-12(11)14(15)16/h3-4,6-7,13H,2,5,8-10H2,1H3. The van der Waals surface area contributed by atoms with Gasteiger partial charge < -0.3 is 10.1 Å². The summed E-state index contributed by atoms with van der Waals surface area (Å²) in [5, 5.41) is 13.9. The lowest BCUT2D eigenvalue weighted by Crippen LogP contribution is -2.17. The predicted octanol–water partition coefficient (Wildman–Crippen LogP) is 2.11. The molecule has 5 heteroatoms. The average molecular weight is 238 g/mol. The van der Waals surface area contributed by atoms with Crippen LogP contribution in [0.1, 0.15) is 18.9 Å². The van der Waals surface area contributed by atoms with Gasteiger partial charge in [-0.05, 0) is 19.9 Å². The Morgan fingerprint density at radius 2 is 2.18 bits per heavy atom. The molecule has 0 aliphatic rings. The van der Waals surface area contributed by atoms with Gasteiger partial charge in [0, 0.05) is 31.4 Å². The Balaban J connectivity index is 2.34. The van der Waals surface area contributed by atoms with Gasteiger partial charge in [-0.3, -0.25) is 10.1 Å². The van der Waals surface area contributed by atoms with Crippen molar-refractivity contribution in [2.75, 3.05) is 19.8 Å². The third-order valence-corrected chi connectivity index (χ3v) is 2.35. The number of hydrogen-bond donors (Lipinski definition) is 1. The van der Waals surface area contributed by atoms with E-state index < -0.39 is 0 Å². The lowest BCUT2D eigenvalue weighted by molar-refractivity contribution is -0.385. The van der Waals surface area contributed by atoms with E-state index in [1.165, 1.54) is 6.07 Å². The number of benzene rings is 1. The number of hydrogen-bond acceptors (Lipinski definition) is 4. The van der Waals surface area contributed by atoms with E-state index in [1.54, 1.807) is 12.1 Å². The Hall–Kier alpha value is -1.46. The van der Waals surface area contributed by atoms with Gasteiger partial charge in [0.25, 0.3) is 5.69 Å². The Kier molecular flexibility index (Phi) is 6.21. The minimum absolute atomic E-state index is 0.171. The molecule has 0 amide bonds. The molecule has 0 aliphatic heterocycles. The van der Waals surface area contributed by atoms with E-state index in [4.69, 9.17) is 4.74 Å². The van der Waals surface area contributed by atoms with Crippen molar-refractivity contribution in [3.63, 3.8) is 0 Å². The molecule has 0 spiro atoms. The molecule has 0 aromatic heterocycles. The first-order valence-electron chi connectivity index (χ1n) is 5.76. The van der Waals surface area contributed by atoms with Gasteiger partial charge in [0.2, 0.25) is 0 Å². The smallest absolute Gasteiger partial charge is 0.273 e. The highest BCUT2D eigenvalue weighted by atomic mass is 16.6. The summed E-state index contributed by atoms with van der Waals surface area (Å²) < 4.78 is 5.20. The first-order chi connectivity index (χ1) is 8.25. The van der Waals surface area contributed by atoms with Crippen LogP contribution in [0.15, 0.2) is 24.3 Å². The van der Waals surface area contributed by atoms with Crippen molar-refractivity contribution >= 4 is 5.69 Å². The van der Waals surface area contributed by atoms with Gasteiger partial charge in [0.1, 0.15) is 0 Å². The lowest BCUT2D eigenvalue weighted by atomic mass is 10.2. The van der Waals surface area contributed by atoms with Crippen LogP contribution >= 0.6 is 0 Å². The summed E-state index contributed by atoms with van der Waals surface area (Å²) in [6, 6.07) is 6.78. The number of rotatable bonds is 8. The Morgan fingerprint density at radius 1 is 1.41 bits per heavy atom. The molecule has 0 radical (unpaired) electrons. The minimum atomic E-state index is -0.350. The summed E-state index contributed by atoms with van der Waals surface area (Å²) in [5.74, 6) is 0. The van der Waals surface area contributed by atoms with Crippen LogP contribution in [0.3, 0.4) is 0 Å². The maximum absolute atomic E-state index is 10.8. The molecule has 1 aromatic carbocycles. The fourth-order valence-corrected chi connectivity index (χ4v) is 1.51. The molecule has 0 fully saturated rings. The SMILES string of the molecule is CCOCCCNCc1ccccc1[N+](=O)[O-]. The van der Waals surface area contributed by atoms with Crippen molar-refractivity contribution in [1.29, 1.82) is 0 Å². The van der Waals surface area contributed by atoms with E-state index in [0.717, 1.165) is 26.2 Å². The van der Waals surface area contributed by atoms with E-state index in [2.05, 4.69) is 5.32 Å². The number of nitrogens with zero attached hydrogens (tertiary/aromatic N) is 1. The van der Waals surface area contributed by atoms with Crippen molar-refractivity contribution in [2.24, 2.45) is 0 Å². The third-order valence-electron chi connectivity index (χ3n) is 2.35. The molecule has 0 saturated carbocycles. The predicted molar refractivity (Wildman–Crippen MR) is 65.9 cm³/mol. The Bertz CT molecular complexity index is 355.